The van der Waals surface area contributed by atoms with Crippen LogP contribution in [0.1, 0.15) is 46.4 Å². The zero-order valence-electron chi connectivity index (χ0n) is 14.8. The van der Waals surface area contributed by atoms with Crippen LogP contribution in [-0.4, -0.2) is 52.1 Å². The predicted octanol–water partition coefficient (Wildman–Crippen LogP) is 1.15. The molecule has 0 aliphatic carbocycles. The molecule has 134 valence electrons. The van der Waals surface area contributed by atoms with Gasteiger partial charge in [0.25, 0.3) is 11.8 Å². The van der Waals surface area contributed by atoms with Crippen LogP contribution >= 0.6 is 0 Å². The van der Waals surface area contributed by atoms with E-state index in [9.17, 15) is 9.59 Å². The Labute approximate surface area is 144 Å². The number of amides is 2. The SMILES string of the molecule is CNCCCCNC(=O)c1ccc(C(=O)NCCCCNC)cc1. The number of carbonyl (C=O) groups is 2. The van der Waals surface area contributed by atoms with E-state index in [1.807, 2.05) is 14.1 Å². The maximum atomic E-state index is 12.0. The lowest BCUT2D eigenvalue weighted by Crippen LogP contribution is -2.26. The second-order valence-corrected chi connectivity index (χ2v) is 5.71. The second kappa shape index (κ2) is 12.5. The summed E-state index contributed by atoms with van der Waals surface area (Å²) in [6, 6.07) is 6.77. The van der Waals surface area contributed by atoms with Gasteiger partial charge in [0.2, 0.25) is 0 Å². The number of nitrogens with one attached hydrogen (secondary N) is 4. The van der Waals surface area contributed by atoms with Crippen molar-refractivity contribution in [3.63, 3.8) is 0 Å². The molecule has 0 heterocycles. The van der Waals surface area contributed by atoms with Gasteiger partial charge in [-0.25, -0.2) is 0 Å². The third-order valence-electron chi connectivity index (χ3n) is 3.69. The molecule has 0 bridgehead atoms. The van der Waals surface area contributed by atoms with Crippen molar-refractivity contribution in [1.29, 1.82) is 0 Å². The highest BCUT2D eigenvalue weighted by Gasteiger charge is 2.08. The molecule has 0 unspecified atom stereocenters. The van der Waals surface area contributed by atoms with E-state index in [4.69, 9.17) is 0 Å². The molecule has 1 rings (SSSR count). The van der Waals surface area contributed by atoms with E-state index < -0.39 is 0 Å². The third kappa shape index (κ3) is 8.08. The van der Waals surface area contributed by atoms with Crippen LogP contribution < -0.4 is 21.3 Å². The molecule has 0 spiro atoms. The molecule has 0 saturated heterocycles. The van der Waals surface area contributed by atoms with Gasteiger partial charge < -0.3 is 21.3 Å². The summed E-state index contributed by atoms with van der Waals surface area (Å²) in [6.07, 6.45) is 3.95. The molecule has 6 nitrogen and oxygen atoms in total. The molecule has 4 N–H and O–H groups in total. The highest BCUT2D eigenvalue weighted by molar-refractivity contribution is 5.97. The summed E-state index contributed by atoms with van der Waals surface area (Å²) < 4.78 is 0. The van der Waals surface area contributed by atoms with Gasteiger partial charge in [-0.2, -0.15) is 0 Å². The number of hydrogen-bond donors (Lipinski definition) is 4. The van der Waals surface area contributed by atoms with E-state index in [0.29, 0.717) is 24.2 Å². The first-order valence-corrected chi connectivity index (χ1v) is 8.64. The van der Waals surface area contributed by atoms with E-state index >= 15 is 0 Å². The molecule has 0 saturated carbocycles. The van der Waals surface area contributed by atoms with Crippen LogP contribution in [0.2, 0.25) is 0 Å². The van der Waals surface area contributed by atoms with Crippen molar-refractivity contribution in [2.24, 2.45) is 0 Å². The first kappa shape index (κ1) is 20.1. The van der Waals surface area contributed by atoms with Crippen molar-refractivity contribution in [2.75, 3.05) is 40.3 Å². The molecule has 0 radical (unpaired) electrons. The van der Waals surface area contributed by atoms with Crippen LogP contribution in [0, 0.1) is 0 Å². The van der Waals surface area contributed by atoms with E-state index in [-0.39, 0.29) is 11.8 Å². The zero-order chi connectivity index (χ0) is 17.6. The molecule has 1 aromatic carbocycles. The molecular formula is C18H30N4O2. The second-order valence-electron chi connectivity index (χ2n) is 5.71. The lowest BCUT2D eigenvalue weighted by Gasteiger charge is -2.07. The van der Waals surface area contributed by atoms with Crippen LogP contribution in [-0.2, 0) is 0 Å². The maximum Gasteiger partial charge on any atom is 0.251 e. The average molecular weight is 334 g/mol. The molecule has 0 fully saturated rings. The summed E-state index contributed by atoms with van der Waals surface area (Å²) in [7, 11) is 3.83. The Bertz CT molecular complexity index is 443. The highest BCUT2D eigenvalue weighted by Crippen LogP contribution is 2.05. The van der Waals surface area contributed by atoms with E-state index in [2.05, 4.69) is 21.3 Å². The van der Waals surface area contributed by atoms with Crippen LogP contribution in [0.4, 0.5) is 0 Å². The molecule has 24 heavy (non-hydrogen) atoms. The highest BCUT2D eigenvalue weighted by atomic mass is 16.2. The van der Waals surface area contributed by atoms with Crippen LogP contribution in [0.15, 0.2) is 24.3 Å². The molecule has 0 aliphatic heterocycles. The van der Waals surface area contributed by atoms with Crippen molar-refractivity contribution in [1.82, 2.24) is 21.3 Å². The molecular weight excluding hydrogens is 304 g/mol. The first-order chi connectivity index (χ1) is 11.7. The summed E-state index contributed by atoms with van der Waals surface area (Å²) in [5, 5.41) is 11.9. The monoisotopic (exact) mass is 334 g/mol. The smallest absolute Gasteiger partial charge is 0.251 e. The van der Waals surface area contributed by atoms with E-state index in [1.54, 1.807) is 24.3 Å². The Morgan fingerprint density at radius 3 is 1.33 bits per heavy atom. The minimum Gasteiger partial charge on any atom is -0.352 e. The number of rotatable bonds is 12. The van der Waals surface area contributed by atoms with Gasteiger partial charge >= 0.3 is 0 Å². The molecule has 0 aromatic heterocycles. The number of hydrogen-bond acceptors (Lipinski definition) is 4. The van der Waals surface area contributed by atoms with Crippen molar-refractivity contribution in [3.05, 3.63) is 35.4 Å². The standard InChI is InChI=1S/C18H30N4O2/c1-19-11-3-5-13-21-17(23)15-7-9-16(10-8-15)18(24)22-14-6-4-12-20-2/h7-10,19-20H,3-6,11-14H2,1-2H3,(H,21,23)(H,22,24). The fourth-order valence-corrected chi connectivity index (χ4v) is 2.23. The Hall–Kier alpha value is -1.92. The molecule has 1 aromatic rings. The van der Waals surface area contributed by atoms with Gasteiger partial charge in [-0.1, -0.05) is 0 Å². The van der Waals surface area contributed by atoms with E-state index in [0.717, 1.165) is 38.8 Å². The third-order valence-corrected chi connectivity index (χ3v) is 3.69. The summed E-state index contributed by atoms with van der Waals surface area (Å²) in [6.45, 7) is 3.23. The largest absolute Gasteiger partial charge is 0.352 e. The number of carbonyl (C=O) groups excluding carboxylic acids is 2. The topological polar surface area (TPSA) is 82.3 Å². The lowest BCUT2D eigenvalue weighted by molar-refractivity contribution is 0.0941. The summed E-state index contributed by atoms with van der Waals surface area (Å²) >= 11 is 0. The normalized spacial score (nSPS) is 10.4. The summed E-state index contributed by atoms with van der Waals surface area (Å²) in [5.41, 5.74) is 1.16. The van der Waals surface area contributed by atoms with Gasteiger partial charge in [0, 0.05) is 24.2 Å². The average Bonchev–Trinajstić information content (AvgIpc) is 2.61. The fourth-order valence-electron chi connectivity index (χ4n) is 2.23. The van der Waals surface area contributed by atoms with Crippen molar-refractivity contribution in [2.45, 2.75) is 25.7 Å². The summed E-state index contributed by atoms with van der Waals surface area (Å²) in [4.78, 5) is 24.0. The van der Waals surface area contributed by atoms with Crippen molar-refractivity contribution < 1.29 is 9.59 Å². The Morgan fingerprint density at radius 2 is 1.00 bits per heavy atom. The number of unbranched alkanes of at least 4 members (excludes halogenated alkanes) is 2. The molecule has 0 aliphatic rings. The Morgan fingerprint density at radius 1 is 0.667 bits per heavy atom. The minimum atomic E-state index is -0.0986. The van der Waals surface area contributed by atoms with Crippen LogP contribution in [0.5, 0.6) is 0 Å². The van der Waals surface area contributed by atoms with Crippen LogP contribution in [0.25, 0.3) is 0 Å². The quantitative estimate of drug-likeness (QED) is 0.432. The lowest BCUT2D eigenvalue weighted by atomic mass is 10.1. The first-order valence-electron chi connectivity index (χ1n) is 8.64. The van der Waals surface area contributed by atoms with E-state index in [1.165, 1.54) is 0 Å². The van der Waals surface area contributed by atoms with Gasteiger partial charge in [0.15, 0.2) is 0 Å². The van der Waals surface area contributed by atoms with Gasteiger partial charge in [0.05, 0.1) is 0 Å². The maximum absolute atomic E-state index is 12.0. The summed E-state index contributed by atoms with van der Waals surface area (Å²) in [5.74, 6) is -0.197. The number of benzene rings is 1. The predicted molar refractivity (Wildman–Crippen MR) is 97.4 cm³/mol. The molecule has 2 amide bonds. The Balaban J connectivity index is 2.33. The van der Waals surface area contributed by atoms with Gasteiger partial charge in [-0.05, 0) is 77.1 Å². The van der Waals surface area contributed by atoms with Gasteiger partial charge in [-0.3, -0.25) is 9.59 Å². The molecule has 0 atom stereocenters. The van der Waals surface area contributed by atoms with Gasteiger partial charge in [-0.15, -0.1) is 0 Å². The van der Waals surface area contributed by atoms with Crippen molar-refractivity contribution >= 4 is 11.8 Å². The zero-order valence-corrected chi connectivity index (χ0v) is 14.8. The van der Waals surface area contributed by atoms with Crippen molar-refractivity contribution in [3.8, 4) is 0 Å². The van der Waals surface area contributed by atoms with Crippen LogP contribution in [0.3, 0.4) is 0 Å². The minimum absolute atomic E-state index is 0.0986. The fraction of sp³-hybridized carbons (Fsp3) is 0.556. The molecule has 6 heteroatoms. The van der Waals surface area contributed by atoms with Gasteiger partial charge in [0.1, 0.15) is 0 Å². The Kier molecular flexibility index (Phi) is 10.5.